The van der Waals surface area contributed by atoms with Crippen molar-refractivity contribution in [2.24, 2.45) is 5.73 Å². The standard InChI is InChI=1S/C11H11F3N2O/c12-11(13,14)8-3-1-2-7-6(8)4-5-9(7)16-10(15)17/h1-3,9H,4-5H2,(H3,15,16,17). The highest BCUT2D eigenvalue weighted by Gasteiger charge is 2.37. The van der Waals surface area contributed by atoms with Crippen molar-refractivity contribution in [1.82, 2.24) is 5.32 Å². The fraction of sp³-hybridized carbons (Fsp3) is 0.364. The third kappa shape index (κ3) is 2.20. The number of rotatable bonds is 1. The highest BCUT2D eigenvalue weighted by molar-refractivity contribution is 5.72. The van der Waals surface area contributed by atoms with Gasteiger partial charge >= 0.3 is 12.2 Å². The highest BCUT2D eigenvalue weighted by Crippen LogP contribution is 2.40. The first-order valence-corrected chi connectivity index (χ1v) is 5.14. The average molecular weight is 244 g/mol. The predicted molar refractivity (Wildman–Crippen MR) is 55.2 cm³/mol. The first-order valence-electron chi connectivity index (χ1n) is 5.14. The van der Waals surface area contributed by atoms with Gasteiger partial charge in [-0.15, -0.1) is 0 Å². The van der Waals surface area contributed by atoms with E-state index < -0.39 is 23.8 Å². The van der Waals surface area contributed by atoms with Gasteiger partial charge in [-0.3, -0.25) is 0 Å². The minimum Gasteiger partial charge on any atom is -0.352 e. The van der Waals surface area contributed by atoms with Crippen molar-refractivity contribution in [3.8, 4) is 0 Å². The summed E-state index contributed by atoms with van der Waals surface area (Å²) in [5.41, 5.74) is 5.13. The number of benzene rings is 1. The van der Waals surface area contributed by atoms with Gasteiger partial charge in [0.1, 0.15) is 0 Å². The Labute approximate surface area is 95.8 Å². The van der Waals surface area contributed by atoms with Crippen LogP contribution in [0.1, 0.15) is 29.2 Å². The third-order valence-corrected chi connectivity index (χ3v) is 2.89. The minimum absolute atomic E-state index is 0.263. The Morgan fingerprint density at radius 2 is 2.12 bits per heavy atom. The van der Waals surface area contributed by atoms with E-state index in [2.05, 4.69) is 5.32 Å². The van der Waals surface area contributed by atoms with Crippen LogP contribution in [-0.4, -0.2) is 6.03 Å². The molecule has 0 heterocycles. The summed E-state index contributed by atoms with van der Waals surface area (Å²) in [5, 5.41) is 2.45. The smallest absolute Gasteiger partial charge is 0.352 e. The Hall–Kier alpha value is -1.72. The first-order chi connectivity index (χ1) is 7.89. The van der Waals surface area contributed by atoms with Crippen LogP contribution in [0.4, 0.5) is 18.0 Å². The van der Waals surface area contributed by atoms with E-state index in [1.165, 1.54) is 6.07 Å². The van der Waals surface area contributed by atoms with Gasteiger partial charge in [-0.2, -0.15) is 13.2 Å². The number of halogens is 3. The number of primary amides is 1. The van der Waals surface area contributed by atoms with Gasteiger partial charge in [-0.05, 0) is 30.0 Å². The molecule has 0 spiro atoms. The van der Waals surface area contributed by atoms with Crippen LogP contribution in [0.15, 0.2) is 18.2 Å². The van der Waals surface area contributed by atoms with Crippen molar-refractivity contribution < 1.29 is 18.0 Å². The second-order valence-corrected chi connectivity index (χ2v) is 3.97. The summed E-state index contributed by atoms with van der Waals surface area (Å²) in [5.74, 6) is 0. The summed E-state index contributed by atoms with van der Waals surface area (Å²) in [7, 11) is 0. The van der Waals surface area contributed by atoms with Crippen LogP contribution in [-0.2, 0) is 12.6 Å². The van der Waals surface area contributed by atoms with E-state index >= 15 is 0 Å². The summed E-state index contributed by atoms with van der Waals surface area (Å²) in [6.07, 6.45) is -3.60. The Kier molecular flexibility index (Phi) is 2.73. The van der Waals surface area contributed by atoms with Crippen LogP contribution in [0.3, 0.4) is 0 Å². The molecule has 2 rings (SSSR count). The summed E-state index contributed by atoms with van der Waals surface area (Å²) >= 11 is 0. The van der Waals surface area contributed by atoms with Gasteiger partial charge in [0.05, 0.1) is 11.6 Å². The SMILES string of the molecule is NC(=O)NC1CCc2c1cccc2C(F)(F)F. The number of carbonyl (C=O) groups is 1. The molecule has 1 aliphatic carbocycles. The monoisotopic (exact) mass is 244 g/mol. The van der Waals surface area contributed by atoms with Crippen molar-refractivity contribution in [3.63, 3.8) is 0 Å². The molecule has 2 amide bonds. The van der Waals surface area contributed by atoms with Gasteiger partial charge in [0.2, 0.25) is 0 Å². The summed E-state index contributed by atoms with van der Waals surface area (Å²) < 4.78 is 38.2. The van der Waals surface area contributed by atoms with Crippen LogP contribution >= 0.6 is 0 Å². The lowest BCUT2D eigenvalue weighted by Crippen LogP contribution is -2.32. The van der Waals surface area contributed by atoms with Crippen LogP contribution in [0.2, 0.25) is 0 Å². The second kappa shape index (κ2) is 3.94. The fourth-order valence-electron chi connectivity index (χ4n) is 2.24. The Bertz CT molecular complexity index is 457. The zero-order valence-corrected chi connectivity index (χ0v) is 8.84. The number of alkyl halides is 3. The minimum atomic E-state index is -4.35. The Balaban J connectivity index is 2.39. The molecule has 1 aliphatic rings. The van der Waals surface area contributed by atoms with Gasteiger partial charge in [-0.25, -0.2) is 4.79 Å². The van der Waals surface area contributed by atoms with E-state index in [-0.39, 0.29) is 5.56 Å². The molecule has 0 saturated carbocycles. The predicted octanol–water partition coefficient (Wildman–Crippen LogP) is 2.36. The van der Waals surface area contributed by atoms with Crippen molar-refractivity contribution in [3.05, 3.63) is 34.9 Å². The zero-order chi connectivity index (χ0) is 12.6. The number of hydrogen-bond donors (Lipinski definition) is 2. The van der Waals surface area contributed by atoms with Crippen molar-refractivity contribution in [1.29, 1.82) is 0 Å². The Morgan fingerprint density at radius 3 is 2.71 bits per heavy atom. The van der Waals surface area contributed by atoms with Gasteiger partial charge in [0, 0.05) is 0 Å². The van der Waals surface area contributed by atoms with Crippen LogP contribution in [0, 0.1) is 0 Å². The molecule has 0 radical (unpaired) electrons. The molecule has 0 saturated heterocycles. The molecule has 0 fully saturated rings. The van der Waals surface area contributed by atoms with E-state index in [0.29, 0.717) is 18.4 Å². The van der Waals surface area contributed by atoms with E-state index in [1.807, 2.05) is 0 Å². The molecular weight excluding hydrogens is 233 g/mol. The maximum Gasteiger partial charge on any atom is 0.416 e. The van der Waals surface area contributed by atoms with Gasteiger partial charge in [0.15, 0.2) is 0 Å². The molecular formula is C11H11F3N2O. The van der Waals surface area contributed by atoms with Crippen LogP contribution in [0.5, 0.6) is 0 Å². The molecule has 1 aromatic rings. The second-order valence-electron chi connectivity index (χ2n) is 3.97. The largest absolute Gasteiger partial charge is 0.416 e. The maximum atomic E-state index is 12.7. The zero-order valence-electron chi connectivity index (χ0n) is 8.84. The highest BCUT2D eigenvalue weighted by atomic mass is 19.4. The first kappa shape index (κ1) is 11.8. The molecule has 0 aliphatic heterocycles. The van der Waals surface area contributed by atoms with Crippen LogP contribution < -0.4 is 11.1 Å². The molecule has 6 heteroatoms. The lowest BCUT2D eigenvalue weighted by molar-refractivity contribution is -0.138. The fourth-order valence-corrected chi connectivity index (χ4v) is 2.24. The van der Waals surface area contributed by atoms with Crippen LogP contribution in [0.25, 0.3) is 0 Å². The summed E-state index contributed by atoms with van der Waals surface area (Å²) in [6, 6.07) is 2.87. The van der Waals surface area contributed by atoms with Crippen molar-refractivity contribution in [2.75, 3.05) is 0 Å². The average Bonchev–Trinajstić information content (AvgIpc) is 2.59. The van der Waals surface area contributed by atoms with E-state index in [0.717, 1.165) is 6.07 Å². The maximum absolute atomic E-state index is 12.7. The summed E-state index contributed by atoms with van der Waals surface area (Å²) in [6.45, 7) is 0. The normalized spacial score (nSPS) is 18.9. The van der Waals surface area contributed by atoms with E-state index in [9.17, 15) is 18.0 Å². The Morgan fingerprint density at radius 1 is 1.41 bits per heavy atom. The molecule has 0 bridgehead atoms. The number of amides is 2. The van der Waals surface area contributed by atoms with E-state index in [1.54, 1.807) is 6.07 Å². The molecule has 17 heavy (non-hydrogen) atoms. The molecule has 3 N–H and O–H groups in total. The number of fused-ring (bicyclic) bond motifs is 1. The number of nitrogens with one attached hydrogen (secondary N) is 1. The lowest BCUT2D eigenvalue weighted by atomic mass is 10.0. The number of urea groups is 1. The molecule has 1 aromatic carbocycles. The summed E-state index contributed by atoms with van der Waals surface area (Å²) in [4.78, 5) is 10.7. The third-order valence-electron chi connectivity index (χ3n) is 2.89. The molecule has 0 aromatic heterocycles. The van der Waals surface area contributed by atoms with E-state index in [4.69, 9.17) is 5.73 Å². The topological polar surface area (TPSA) is 55.1 Å². The molecule has 3 nitrogen and oxygen atoms in total. The number of nitrogens with two attached hydrogens (primary N) is 1. The number of hydrogen-bond acceptors (Lipinski definition) is 1. The van der Waals surface area contributed by atoms with Gasteiger partial charge in [-0.1, -0.05) is 12.1 Å². The van der Waals surface area contributed by atoms with Gasteiger partial charge < -0.3 is 11.1 Å². The van der Waals surface area contributed by atoms with Gasteiger partial charge in [0.25, 0.3) is 0 Å². The van der Waals surface area contributed by atoms with Crippen molar-refractivity contribution in [2.45, 2.75) is 25.1 Å². The lowest BCUT2D eigenvalue weighted by Gasteiger charge is -2.14. The quantitative estimate of drug-likeness (QED) is 0.782. The van der Waals surface area contributed by atoms with Crippen molar-refractivity contribution >= 4 is 6.03 Å². The molecule has 1 atom stereocenters. The number of carbonyl (C=O) groups excluding carboxylic acids is 1. The molecule has 1 unspecified atom stereocenters. The molecule has 92 valence electrons.